The molecule has 1 atom stereocenters. The van der Waals surface area contributed by atoms with Gasteiger partial charge in [0.05, 0.1) is 19.8 Å². The number of rotatable bonds is 10. The Morgan fingerprint density at radius 3 is 2.75 bits per heavy atom. The van der Waals surface area contributed by atoms with Gasteiger partial charge in [0.15, 0.2) is 23.4 Å². The average molecular weight is 448 g/mol. The van der Waals surface area contributed by atoms with Gasteiger partial charge in [-0.15, -0.1) is 10.2 Å². The van der Waals surface area contributed by atoms with Gasteiger partial charge in [-0.3, -0.25) is 4.90 Å². The molecule has 176 valence electrons. The monoisotopic (exact) mass is 447 g/mol. The molecule has 1 aromatic heterocycles. The van der Waals surface area contributed by atoms with Crippen LogP contribution in [-0.4, -0.2) is 77.7 Å². The zero-order chi connectivity index (χ0) is 22.8. The molecule has 2 heterocycles. The van der Waals surface area contributed by atoms with Gasteiger partial charge in [0.2, 0.25) is 0 Å². The van der Waals surface area contributed by atoms with Crippen LogP contribution in [0.3, 0.4) is 0 Å². The second-order valence-corrected chi connectivity index (χ2v) is 7.86. The van der Waals surface area contributed by atoms with Crippen molar-refractivity contribution in [3.8, 4) is 5.75 Å². The number of guanidine groups is 1. The van der Waals surface area contributed by atoms with Crippen molar-refractivity contribution in [3.63, 3.8) is 0 Å². The van der Waals surface area contributed by atoms with Crippen molar-refractivity contribution in [2.45, 2.75) is 32.9 Å². The lowest BCUT2D eigenvalue weighted by molar-refractivity contribution is 0.0376. The fourth-order valence-electron chi connectivity index (χ4n) is 3.29. The molecular formula is C22H34FN7O2. The van der Waals surface area contributed by atoms with Crippen LogP contribution in [0.5, 0.6) is 5.75 Å². The standard InChI is InChI=1S/C22H34FN7O2/c1-17(32-20-8-5-4-7-19(20)23)15-25-22(26-16-21-28-27-18(2)29(21)3)24-9-6-10-30-11-13-31-14-12-30/h4-5,7-8,17H,6,9-16H2,1-3H3,(H2,24,25,26). The number of hydrogen-bond donors (Lipinski definition) is 2. The van der Waals surface area contributed by atoms with Crippen molar-refractivity contribution < 1.29 is 13.9 Å². The van der Waals surface area contributed by atoms with Crippen LogP contribution in [-0.2, 0) is 18.3 Å². The Hall–Kier alpha value is -2.72. The first-order valence-electron chi connectivity index (χ1n) is 11.1. The fraction of sp³-hybridized carbons (Fsp3) is 0.591. The number of hydrogen-bond acceptors (Lipinski definition) is 6. The highest BCUT2D eigenvalue weighted by Gasteiger charge is 2.12. The summed E-state index contributed by atoms with van der Waals surface area (Å²) < 4.78 is 26.9. The number of benzene rings is 1. The number of halogens is 1. The van der Waals surface area contributed by atoms with E-state index < -0.39 is 0 Å². The van der Waals surface area contributed by atoms with Gasteiger partial charge >= 0.3 is 0 Å². The second-order valence-electron chi connectivity index (χ2n) is 7.86. The SMILES string of the molecule is Cc1nnc(CN=C(NCCCN2CCOCC2)NCC(C)Oc2ccccc2F)n1C. The molecule has 0 radical (unpaired) electrons. The van der Waals surface area contributed by atoms with Gasteiger partial charge in [-0.2, -0.15) is 0 Å². The van der Waals surface area contributed by atoms with Crippen LogP contribution in [0.15, 0.2) is 29.3 Å². The van der Waals surface area contributed by atoms with E-state index in [1.54, 1.807) is 18.2 Å². The molecule has 1 saturated heterocycles. The number of para-hydroxylation sites is 1. The number of ether oxygens (including phenoxy) is 2. The zero-order valence-corrected chi connectivity index (χ0v) is 19.2. The third-order valence-electron chi connectivity index (χ3n) is 5.33. The van der Waals surface area contributed by atoms with E-state index in [1.165, 1.54) is 6.07 Å². The summed E-state index contributed by atoms with van der Waals surface area (Å²) in [5.74, 6) is 2.17. The maximum absolute atomic E-state index is 13.8. The second kappa shape index (κ2) is 12.4. The number of morpholine rings is 1. The van der Waals surface area contributed by atoms with Gasteiger partial charge in [-0.25, -0.2) is 9.38 Å². The molecule has 10 heteroatoms. The minimum absolute atomic E-state index is 0.244. The van der Waals surface area contributed by atoms with Crippen LogP contribution in [0.1, 0.15) is 25.0 Å². The fourth-order valence-corrected chi connectivity index (χ4v) is 3.29. The molecule has 1 unspecified atom stereocenters. The summed E-state index contributed by atoms with van der Waals surface area (Å²) >= 11 is 0. The van der Waals surface area contributed by atoms with E-state index in [1.807, 2.05) is 25.5 Å². The molecule has 1 aromatic carbocycles. The molecule has 0 spiro atoms. The van der Waals surface area contributed by atoms with Crippen LogP contribution >= 0.6 is 0 Å². The maximum atomic E-state index is 13.8. The molecule has 1 aliphatic rings. The molecule has 0 bridgehead atoms. The van der Waals surface area contributed by atoms with Crippen LogP contribution in [0, 0.1) is 12.7 Å². The van der Waals surface area contributed by atoms with Crippen LogP contribution in [0.4, 0.5) is 4.39 Å². The van der Waals surface area contributed by atoms with Gasteiger partial charge in [-0.05, 0) is 38.9 Å². The summed E-state index contributed by atoms with van der Waals surface area (Å²) in [5.41, 5.74) is 0. The lowest BCUT2D eigenvalue weighted by atomic mass is 10.3. The highest BCUT2D eigenvalue weighted by molar-refractivity contribution is 5.79. The molecule has 2 N–H and O–H groups in total. The predicted octanol–water partition coefficient (Wildman–Crippen LogP) is 1.49. The van der Waals surface area contributed by atoms with Gasteiger partial charge < -0.3 is 24.7 Å². The highest BCUT2D eigenvalue weighted by atomic mass is 19.1. The number of nitrogens with zero attached hydrogens (tertiary/aromatic N) is 5. The van der Waals surface area contributed by atoms with Crippen molar-refractivity contribution >= 4 is 5.96 Å². The summed E-state index contributed by atoms with van der Waals surface area (Å²) in [6.07, 6.45) is 0.745. The molecular weight excluding hydrogens is 413 g/mol. The average Bonchev–Trinajstić information content (AvgIpc) is 3.12. The Morgan fingerprint density at radius 2 is 2.03 bits per heavy atom. The Kier molecular flexibility index (Phi) is 9.24. The van der Waals surface area contributed by atoms with E-state index in [0.717, 1.165) is 57.5 Å². The molecule has 3 rings (SSSR count). The first-order chi connectivity index (χ1) is 15.5. The third kappa shape index (κ3) is 7.45. The zero-order valence-electron chi connectivity index (χ0n) is 19.2. The number of aliphatic imine (C=N–C) groups is 1. The lowest BCUT2D eigenvalue weighted by Crippen LogP contribution is -2.43. The van der Waals surface area contributed by atoms with Crippen molar-refractivity contribution in [2.75, 3.05) is 45.9 Å². The van der Waals surface area contributed by atoms with Crippen molar-refractivity contribution in [1.82, 2.24) is 30.3 Å². The van der Waals surface area contributed by atoms with Gasteiger partial charge in [0.1, 0.15) is 18.5 Å². The molecule has 0 saturated carbocycles. The van der Waals surface area contributed by atoms with E-state index in [2.05, 4.69) is 30.7 Å². The van der Waals surface area contributed by atoms with Crippen molar-refractivity contribution in [2.24, 2.45) is 12.0 Å². The van der Waals surface area contributed by atoms with Gasteiger partial charge in [-0.1, -0.05) is 12.1 Å². The smallest absolute Gasteiger partial charge is 0.191 e. The van der Waals surface area contributed by atoms with Crippen LogP contribution < -0.4 is 15.4 Å². The van der Waals surface area contributed by atoms with E-state index in [9.17, 15) is 4.39 Å². The molecule has 0 aliphatic carbocycles. The molecule has 1 fully saturated rings. The van der Waals surface area contributed by atoms with E-state index in [-0.39, 0.29) is 17.7 Å². The topological polar surface area (TPSA) is 88.8 Å². The third-order valence-corrected chi connectivity index (χ3v) is 5.33. The van der Waals surface area contributed by atoms with Crippen LogP contribution in [0.2, 0.25) is 0 Å². The molecule has 2 aromatic rings. The quantitative estimate of drug-likeness (QED) is 0.324. The van der Waals surface area contributed by atoms with Gasteiger partial charge in [0.25, 0.3) is 0 Å². The van der Waals surface area contributed by atoms with Crippen molar-refractivity contribution in [3.05, 3.63) is 41.7 Å². The maximum Gasteiger partial charge on any atom is 0.191 e. The summed E-state index contributed by atoms with van der Waals surface area (Å²) in [4.78, 5) is 7.06. The number of aromatic nitrogens is 3. The molecule has 1 aliphatic heterocycles. The van der Waals surface area contributed by atoms with E-state index in [4.69, 9.17) is 9.47 Å². The summed E-state index contributed by atoms with van der Waals surface area (Å²) in [6, 6.07) is 6.41. The number of aryl methyl sites for hydroxylation is 1. The Bertz CT molecular complexity index is 868. The summed E-state index contributed by atoms with van der Waals surface area (Å²) in [5, 5.41) is 14.9. The van der Waals surface area contributed by atoms with Crippen molar-refractivity contribution in [1.29, 1.82) is 0 Å². The van der Waals surface area contributed by atoms with E-state index >= 15 is 0 Å². The number of nitrogens with one attached hydrogen (secondary N) is 2. The van der Waals surface area contributed by atoms with E-state index in [0.29, 0.717) is 19.0 Å². The summed E-state index contributed by atoms with van der Waals surface area (Å²) in [6.45, 7) is 10.0. The molecule has 32 heavy (non-hydrogen) atoms. The highest BCUT2D eigenvalue weighted by Crippen LogP contribution is 2.16. The Labute approximate surface area is 189 Å². The first kappa shape index (κ1) is 23.9. The first-order valence-corrected chi connectivity index (χ1v) is 11.1. The molecule has 0 amide bonds. The minimum Gasteiger partial charge on any atom is -0.486 e. The normalized spacial score (nSPS) is 16.1. The van der Waals surface area contributed by atoms with Gasteiger partial charge in [0, 0.05) is 26.7 Å². The minimum atomic E-state index is -0.368. The molecule has 9 nitrogen and oxygen atoms in total. The Morgan fingerprint density at radius 1 is 1.25 bits per heavy atom. The summed E-state index contributed by atoms with van der Waals surface area (Å²) in [7, 11) is 1.92. The lowest BCUT2D eigenvalue weighted by Gasteiger charge is -2.26. The predicted molar refractivity (Wildman–Crippen MR) is 121 cm³/mol. The largest absolute Gasteiger partial charge is 0.486 e. The van der Waals surface area contributed by atoms with Crippen LogP contribution in [0.25, 0.3) is 0 Å². The Balaban J connectivity index is 1.52.